The number of benzene rings is 1. The molecule has 142 valence electrons. The van der Waals surface area contributed by atoms with E-state index in [1.54, 1.807) is 7.05 Å². The maximum Gasteiger partial charge on any atom is 0.332 e. The predicted octanol–water partition coefficient (Wildman–Crippen LogP) is 0.589. The van der Waals surface area contributed by atoms with E-state index < -0.39 is 41.4 Å². The fourth-order valence-corrected chi connectivity index (χ4v) is 2.90. The van der Waals surface area contributed by atoms with Crippen molar-refractivity contribution in [3.63, 3.8) is 0 Å². The van der Waals surface area contributed by atoms with Gasteiger partial charge >= 0.3 is 5.69 Å². The lowest BCUT2D eigenvalue weighted by Crippen LogP contribution is -2.44. The zero-order chi connectivity index (χ0) is 19.9. The number of rotatable bonds is 4. The molecule has 1 amide bonds. The first kappa shape index (κ1) is 18.5. The Balaban J connectivity index is 1.89. The zero-order valence-electron chi connectivity index (χ0n) is 14.9. The van der Waals surface area contributed by atoms with E-state index in [4.69, 9.17) is 0 Å². The molecule has 10 heteroatoms. The lowest BCUT2D eigenvalue weighted by molar-refractivity contribution is -0.122. The molecule has 27 heavy (non-hydrogen) atoms. The lowest BCUT2D eigenvalue weighted by atomic mass is 10.1. The number of fused-ring (bicyclic) bond motifs is 1. The number of aryl methyl sites for hydroxylation is 2. The summed E-state index contributed by atoms with van der Waals surface area (Å²) in [5.74, 6) is -2.19. The largest absolute Gasteiger partial charge is 0.348 e. The molecule has 0 unspecified atom stereocenters. The zero-order valence-corrected chi connectivity index (χ0v) is 14.9. The highest BCUT2D eigenvalue weighted by Crippen LogP contribution is 2.17. The third-order valence-corrected chi connectivity index (χ3v) is 4.31. The number of aromatic nitrogens is 4. The van der Waals surface area contributed by atoms with Crippen LogP contribution in [0.15, 0.2) is 34.1 Å². The first-order chi connectivity index (χ1) is 12.7. The number of carbonyl (C=O) groups is 1. The summed E-state index contributed by atoms with van der Waals surface area (Å²) in [4.78, 5) is 41.3. The number of imidazole rings is 1. The second kappa shape index (κ2) is 6.78. The number of carbonyl (C=O) groups excluding carboxylic acids is 1. The van der Waals surface area contributed by atoms with Gasteiger partial charge in [0, 0.05) is 25.7 Å². The summed E-state index contributed by atoms with van der Waals surface area (Å²) in [6, 6.07) is 2.24. The van der Waals surface area contributed by atoms with Gasteiger partial charge in [-0.15, -0.1) is 0 Å². The summed E-state index contributed by atoms with van der Waals surface area (Å²) in [7, 11) is 3.05. The minimum absolute atomic E-state index is 0.0899. The molecule has 0 aliphatic heterocycles. The van der Waals surface area contributed by atoms with Crippen molar-refractivity contribution < 1.29 is 13.6 Å². The van der Waals surface area contributed by atoms with E-state index in [1.807, 2.05) is 0 Å². The van der Waals surface area contributed by atoms with Crippen LogP contribution in [0.25, 0.3) is 11.2 Å². The number of hydrogen-bond donors (Lipinski definition) is 1. The highest BCUT2D eigenvalue weighted by molar-refractivity contribution is 5.77. The van der Waals surface area contributed by atoms with Crippen molar-refractivity contribution in [3.05, 3.63) is 62.6 Å². The number of nitrogens with zero attached hydrogens (tertiary/aromatic N) is 4. The molecule has 1 N–H and O–H groups in total. The number of halogens is 2. The van der Waals surface area contributed by atoms with Crippen molar-refractivity contribution in [2.45, 2.75) is 19.5 Å². The molecule has 0 radical (unpaired) electrons. The Morgan fingerprint density at radius 1 is 1.26 bits per heavy atom. The quantitative estimate of drug-likeness (QED) is 0.721. The van der Waals surface area contributed by atoms with Crippen LogP contribution in [-0.2, 0) is 25.4 Å². The summed E-state index contributed by atoms with van der Waals surface area (Å²) in [6.45, 7) is 0.971. The highest BCUT2D eigenvalue weighted by atomic mass is 19.1. The number of hydrogen-bond acceptors (Lipinski definition) is 4. The van der Waals surface area contributed by atoms with Crippen LogP contribution in [0.4, 0.5) is 8.78 Å². The molecule has 1 atom stereocenters. The summed E-state index contributed by atoms with van der Waals surface area (Å²) in [5, 5.41) is 2.50. The van der Waals surface area contributed by atoms with E-state index in [-0.39, 0.29) is 16.7 Å². The second-order valence-electron chi connectivity index (χ2n) is 6.22. The normalized spacial score (nSPS) is 12.3. The molecule has 0 saturated carbocycles. The Hall–Kier alpha value is -3.30. The van der Waals surface area contributed by atoms with E-state index in [9.17, 15) is 23.2 Å². The molecular weight excluding hydrogens is 360 g/mol. The van der Waals surface area contributed by atoms with Gasteiger partial charge in [-0.3, -0.25) is 14.2 Å². The van der Waals surface area contributed by atoms with Crippen molar-refractivity contribution in [3.8, 4) is 0 Å². The molecule has 0 fully saturated rings. The summed E-state index contributed by atoms with van der Waals surface area (Å²) < 4.78 is 30.3. The topological polar surface area (TPSA) is 90.9 Å². The SMILES string of the molecule is C[C@H](NC(=O)Cn1c(=O)c2c(ncn2C)n(C)c1=O)c1ccc(F)cc1F. The monoisotopic (exact) mass is 377 g/mol. The number of amides is 1. The van der Waals surface area contributed by atoms with Gasteiger partial charge in [-0.1, -0.05) is 6.07 Å². The fourth-order valence-electron chi connectivity index (χ4n) is 2.90. The minimum atomic E-state index is -0.799. The Morgan fingerprint density at radius 3 is 2.63 bits per heavy atom. The molecule has 0 aliphatic rings. The van der Waals surface area contributed by atoms with Gasteiger partial charge in [-0.05, 0) is 13.0 Å². The van der Waals surface area contributed by atoms with E-state index in [0.29, 0.717) is 6.07 Å². The van der Waals surface area contributed by atoms with Crippen LogP contribution >= 0.6 is 0 Å². The molecule has 0 saturated heterocycles. The van der Waals surface area contributed by atoms with Gasteiger partial charge in [-0.2, -0.15) is 0 Å². The van der Waals surface area contributed by atoms with Crippen LogP contribution in [-0.4, -0.2) is 24.6 Å². The molecule has 0 spiro atoms. The predicted molar refractivity (Wildman–Crippen MR) is 93.1 cm³/mol. The average Bonchev–Trinajstić information content (AvgIpc) is 2.98. The van der Waals surface area contributed by atoms with Crippen LogP contribution in [0.3, 0.4) is 0 Å². The van der Waals surface area contributed by atoms with Gasteiger partial charge in [0.05, 0.1) is 12.4 Å². The van der Waals surface area contributed by atoms with Gasteiger partial charge in [-0.25, -0.2) is 23.1 Å². The standard InChI is InChI=1S/C17H17F2N5O3/c1-9(11-5-4-10(18)6-12(11)19)21-13(25)7-24-16(26)14-15(20-8-22(14)2)23(3)17(24)27/h4-6,8-9H,7H2,1-3H3,(H,21,25)/t9-/m0/s1. The summed E-state index contributed by atoms with van der Waals surface area (Å²) >= 11 is 0. The molecule has 3 aromatic rings. The van der Waals surface area contributed by atoms with Crippen molar-refractivity contribution in [1.29, 1.82) is 0 Å². The van der Waals surface area contributed by atoms with Gasteiger partial charge in [0.1, 0.15) is 18.2 Å². The van der Waals surface area contributed by atoms with Crippen molar-refractivity contribution in [2.75, 3.05) is 0 Å². The molecule has 2 aromatic heterocycles. The van der Waals surface area contributed by atoms with Crippen LogP contribution < -0.4 is 16.6 Å². The number of nitrogens with one attached hydrogen (secondary N) is 1. The molecule has 0 bridgehead atoms. The maximum absolute atomic E-state index is 13.8. The molecule has 8 nitrogen and oxygen atoms in total. The van der Waals surface area contributed by atoms with Crippen molar-refractivity contribution in [2.24, 2.45) is 14.1 Å². The molecule has 3 rings (SSSR count). The smallest absolute Gasteiger partial charge is 0.332 e. The fraction of sp³-hybridized carbons (Fsp3) is 0.294. The van der Waals surface area contributed by atoms with E-state index in [0.717, 1.165) is 10.6 Å². The third-order valence-electron chi connectivity index (χ3n) is 4.31. The lowest BCUT2D eigenvalue weighted by Gasteiger charge is -2.16. The second-order valence-corrected chi connectivity index (χ2v) is 6.22. The van der Waals surface area contributed by atoms with Gasteiger partial charge in [0.25, 0.3) is 5.56 Å². The Kier molecular flexibility index (Phi) is 4.64. The highest BCUT2D eigenvalue weighted by Gasteiger charge is 2.19. The maximum atomic E-state index is 13.8. The summed E-state index contributed by atoms with van der Waals surface area (Å²) in [5.41, 5.74) is -0.855. The molecule has 1 aromatic carbocycles. The van der Waals surface area contributed by atoms with E-state index in [1.165, 1.54) is 35.5 Å². The van der Waals surface area contributed by atoms with Crippen LogP contribution in [0.2, 0.25) is 0 Å². The third kappa shape index (κ3) is 3.25. The van der Waals surface area contributed by atoms with Crippen molar-refractivity contribution >= 4 is 17.1 Å². The Bertz CT molecular complexity index is 1160. The van der Waals surface area contributed by atoms with Gasteiger partial charge in [0.2, 0.25) is 5.91 Å². The van der Waals surface area contributed by atoms with Gasteiger partial charge < -0.3 is 9.88 Å². The van der Waals surface area contributed by atoms with Gasteiger partial charge in [0.15, 0.2) is 11.2 Å². The Labute approximate surface area is 151 Å². The van der Waals surface area contributed by atoms with E-state index >= 15 is 0 Å². The van der Waals surface area contributed by atoms with E-state index in [2.05, 4.69) is 10.3 Å². The molecular formula is C17H17F2N5O3. The van der Waals surface area contributed by atoms with Crippen LogP contribution in [0.5, 0.6) is 0 Å². The molecule has 2 heterocycles. The summed E-state index contributed by atoms with van der Waals surface area (Å²) in [6.07, 6.45) is 1.40. The van der Waals surface area contributed by atoms with Crippen LogP contribution in [0, 0.1) is 11.6 Å². The van der Waals surface area contributed by atoms with Crippen molar-refractivity contribution in [1.82, 2.24) is 24.0 Å². The first-order valence-corrected chi connectivity index (χ1v) is 8.06. The van der Waals surface area contributed by atoms with Crippen LogP contribution in [0.1, 0.15) is 18.5 Å². The molecule has 0 aliphatic carbocycles. The Morgan fingerprint density at radius 2 is 1.96 bits per heavy atom. The minimum Gasteiger partial charge on any atom is -0.348 e. The first-order valence-electron chi connectivity index (χ1n) is 8.06. The average molecular weight is 377 g/mol.